The number of rotatable bonds is 4. The van der Waals surface area contributed by atoms with Crippen LogP contribution in [0.3, 0.4) is 0 Å². The maximum absolute atomic E-state index is 12.1. The Bertz CT molecular complexity index is 845. The monoisotopic (exact) mass is 318 g/mol. The number of aryl methyl sites for hydroxylation is 2. The van der Waals surface area contributed by atoms with E-state index >= 15 is 0 Å². The van der Waals surface area contributed by atoms with Gasteiger partial charge in [-0.05, 0) is 55.3 Å². The van der Waals surface area contributed by atoms with Gasteiger partial charge in [-0.2, -0.15) is 0 Å². The third kappa shape index (κ3) is 3.76. The second-order valence-corrected chi connectivity index (χ2v) is 5.57. The Morgan fingerprint density at radius 2 is 1.58 bits per heavy atom. The molecular formula is C19H18N4O. The minimum absolute atomic E-state index is 0.208. The fraction of sp³-hybridized carbons (Fsp3) is 0.105. The van der Waals surface area contributed by atoms with Crippen LogP contribution in [0.15, 0.2) is 60.7 Å². The molecule has 5 nitrogen and oxygen atoms in total. The standard InChI is InChI=1S/C19H18N4O/c1-13-8-9-14(2)16(12-13)20-17-10-11-18(23-22-17)21-19(24)15-6-4-3-5-7-15/h3-12H,1-2H3,(H,20,22)(H,21,23,24). The van der Waals surface area contributed by atoms with Crippen molar-refractivity contribution in [1.82, 2.24) is 10.2 Å². The molecule has 2 N–H and O–H groups in total. The van der Waals surface area contributed by atoms with Crippen molar-refractivity contribution in [3.8, 4) is 0 Å². The van der Waals surface area contributed by atoms with Gasteiger partial charge in [0.25, 0.3) is 5.91 Å². The summed E-state index contributed by atoms with van der Waals surface area (Å²) in [6, 6.07) is 18.7. The van der Waals surface area contributed by atoms with Gasteiger partial charge in [0.05, 0.1) is 0 Å². The van der Waals surface area contributed by atoms with Crippen LogP contribution in [0.4, 0.5) is 17.3 Å². The van der Waals surface area contributed by atoms with Gasteiger partial charge < -0.3 is 10.6 Å². The maximum atomic E-state index is 12.1. The topological polar surface area (TPSA) is 66.9 Å². The molecule has 0 bridgehead atoms. The summed E-state index contributed by atoms with van der Waals surface area (Å²) < 4.78 is 0. The maximum Gasteiger partial charge on any atom is 0.256 e. The highest BCUT2D eigenvalue weighted by molar-refractivity contribution is 6.03. The van der Waals surface area contributed by atoms with Crippen LogP contribution in [0.25, 0.3) is 0 Å². The first kappa shape index (κ1) is 15.7. The summed E-state index contributed by atoms with van der Waals surface area (Å²) in [6.45, 7) is 4.07. The van der Waals surface area contributed by atoms with E-state index in [0.29, 0.717) is 17.2 Å². The minimum Gasteiger partial charge on any atom is -0.339 e. The molecule has 0 aliphatic carbocycles. The summed E-state index contributed by atoms with van der Waals surface area (Å²) in [5.41, 5.74) is 3.87. The highest BCUT2D eigenvalue weighted by atomic mass is 16.1. The van der Waals surface area contributed by atoms with Crippen LogP contribution in [-0.4, -0.2) is 16.1 Å². The molecule has 0 saturated heterocycles. The molecule has 0 saturated carbocycles. The number of benzene rings is 2. The Labute approximate surface area is 140 Å². The lowest BCUT2D eigenvalue weighted by atomic mass is 10.1. The Morgan fingerprint density at radius 3 is 2.29 bits per heavy atom. The van der Waals surface area contributed by atoms with E-state index in [1.54, 1.807) is 24.3 Å². The van der Waals surface area contributed by atoms with Crippen LogP contribution in [-0.2, 0) is 0 Å². The number of hydrogen-bond donors (Lipinski definition) is 2. The highest BCUT2D eigenvalue weighted by Gasteiger charge is 2.07. The lowest BCUT2D eigenvalue weighted by Crippen LogP contribution is -2.13. The number of nitrogens with zero attached hydrogens (tertiary/aromatic N) is 2. The SMILES string of the molecule is Cc1ccc(C)c(Nc2ccc(NC(=O)c3ccccc3)nn2)c1. The van der Waals surface area contributed by atoms with Crippen molar-refractivity contribution in [2.24, 2.45) is 0 Å². The summed E-state index contributed by atoms with van der Waals surface area (Å²) in [5.74, 6) is 0.830. The van der Waals surface area contributed by atoms with Crippen LogP contribution >= 0.6 is 0 Å². The van der Waals surface area contributed by atoms with Crippen molar-refractivity contribution < 1.29 is 4.79 Å². The van der Waals surface area contributed by atoms with Gasteiger partial charge in [-0.1, -0.05) is 30.3 Å². The Kier molecular flexibility index (Phi) is 4.52. The van der Waals surface area contributed by atoms with E-state index in [4.69, 9.17) is 0 Å². The minimum atomic E-state index is -0.208. The molecule has 2 aromatic carbocycles. The van der Waals surface area contributed by atoms with E-state index in [2.05, 4.69) is 39.0 Å². The van der Waals surface area contributed by atoms with Crippen molar-refractivity contribution >= 4 is 23.2 Å². The first-order valence-electron chi connectivity index (χ1n) is 7.66. The number of amides is 1. The van der Waals surface area contributed by atoms with E-state index in [0.717, 1.165) is 11.3 Å². The van der Waals surface area contributed by atoms with Gasteiger partial charge in [0.15, 0.2) is 11.6 Å². The zero-order chi connectivity index (χ0) is 16.9. The Morgan fingerprint density at radius 1 is 0.875 bits per heavy atom. The lowest BCUT2D eigenvalue weighted by Gasteiger charge is -2.10. The van der Waals surface area contributed by atoms with Crippen molar-refractivity contribution in [1.29, 1.82) is 0 Å². The van der Waals surface area contributed by atoms with Gasteiger partial charge in [-0.3, -0.25) is 4.79 Å². The Hall–Kier alpha value is -3.21. The number of carbonyl (C=O) groups excluding carboxylic acids is 1. The second kappa shape index (κ2) is 6.91. The van der Waals surface area contributed by atoms with Crippen molar-refractivity contribution in [2.45, 2.75) is 13.8 Å². The molecule has 3 rings (SSSR count). The van der Waals surface area contributed by atoms with Crippen LogP contribution in [0.5, 0.6) is 0 Å². The molecule has 120 valence electrons. The largest absolute Gasteiger partial charge is 0.339 e. The van der Waals surface area contributed by atoms with Crippen molar-refractivity contribution in [2.75, 3.05) is 10.6 Å². The van der Waals surface area contributed by atoms with E-state index in [1.807, 2.05) is 32.0 Å². The summed E-state index contributed by atoms with van der Waals surface area (Å²) in [6.07, 6.45) is 0. The molecule has 0 aliphatic rings. The van der Waals surface area contributed by atoms with Gasteiger partial charge in [0.2, 0.25) is 0 Å². The molecule has 0 unspecified atom stereocenters. The van der Waals surface area contributed by atoms with Gasteiger partial charge >= 0.3 is 0 Å². The average molecular weight is 318 g/mol. The van der Waals surface area contributed by atoms with Crippen LogP contribution in [0, 0.1) is 13.8 Å². The first-order chi connectivity index (χ1) is 11.6. The zero-order valence-corrected chi connectivity index (χ0v) is 13.6. The molecule has 1 amide bonds. The fourth-order valence-electron chi connectivity index (χ4n) is 2.25. The smallest absolute Gasteiger partial charge is 0.256 e. The van der Waals surface area contributed by atoms with Crippen LogP contribution < -0.4 is 10.6 Å². The number of anilines is 3. The molecule has 0 fully saturated rings. The zero-order valence-electron chi connectivity index (χ0n) is 13.6. The van der Waals surface area contributed by atoms with Crippen molar-refractivity contribution in [3.63, 3.8) is 0 Å². The lowest BCUT2D eigenvalue weighted by molar-refractivity contribution is 0.102. The quantitative estimate of drug-likeness (QED) is 0.760. The summed E-state index contributed by atoms with van der Waals surface area (Å²) in [4.78, 5) is 12.1. The predicted octanol–water partition coefficient (Wildman–Crippen LogP) is 4.09. The summed E-state index contributed by atoms with van der Waals surface area (Å²) in [5, 5.41) is 14.1. The third-order valence-corrected chi connectivity index (χ3v) is 3.60. The van der Waals surface area contributed by atoms with E-state index in [-0.39, 0.29) is 5.91 Å². The normalized spacial score (nSPS) is 10.2. The molecule has 24 heavy (non-hydrogen) atoms. The van der Waals surface area contributed by atoms with E-state index in [9.17, 15) is 4.79 Å². The second-order valence-electron chi connectivity index (χ2n) is 5.57. The van der Waals surface area contributed by atoms with Gasteiger partial charge in [0.1, 0.15) is 0 Å². The number of carbonyl (C=O) groups is 1. The van der Waals surface area contributed by atoms with Crippen molar-refractivity contribution in [3.05, 3.63) is 77.4 Å². The van der Waals surface area contributed by atoms with Crippen LogP contribution in [0.2, 0.25) is 0 Å². The summed E-state index contributed by atoms with van der Waals surface area (Å²) >= 11 is 0. The van der Waals surface area contributed by atoms with E-state index in [1.165, 1.54) is 5.56 Å². The molecule has 0 spiro atoms. The highest BCUT2D eigenvalue weighted by Crippen LogP contribution is 2.20. The molecular weight excluding hydrogens is 300 g/mol. The Balaban J connectivity index is 1.69. The average Bonchev–Trinajstić information content (AvgIpc) is 2.60. The third-order valence-electron chi connectivity index (χ3n) is 3.60. The number of nitrogens with one attached hydrogen (secondary N) is 2. The molecule has 1 aromatic heterocycles. The number of aromatic nitrogens is 2. The molecule has 0 aliphatic heterocycles. The molecule has 0 atom stereocenters. The summed E-state index contributed by atoms with van der Waals surface area (Å²) in [7, 11) is 0. The fourth-order valence-corrected chi connectivity index (χ4v) is 2.25. The molecule has 3 aromatic rings. The van der Waals surface area contributed by atoms with E-state index < -0.39 is 0 Å². The molecule has 0 radical (unpaired) electrons. The van der Waals surface area contributed by atoms with Gasteiger partial charge in [0, 0.05) is 11.3 Å². The van der Waals surface area contributed by atoms with Gasteiger partial charge in [-0.25, -0.2) is 0 Å². The van der Waals surface area contributed by atoms with Gasteiger partial charge in [-0.15, -0.1) is 10.2 Å². The molecule has 5 heteroatoms. The van der Waals surface area contributed by atoms with Crippen LogP contribution in [0.1, 0.15) is 21.5 Å². The first-order valence-corrected chi connectivity index (χ1v) is 7.66. The number of hydrogen-bond acceptors (Lipinski definition) is 4. The molecule has 1 heterocycles. The predicted molar refractivity (Wildman–Crippen MR) is 95.6 cm³/mol.